The van der Waals surface area contributed by atoms with E-state index in [0.29, 0.717) is 12.5 Å². The number of aliphatic carboxylic acids is 1. The normalized spacial score (nSPS) is 19.2. The molecule has 1 aliphatic rings. The molecule has 0 bridgehead atoms. The summed E-state index contributed by atoms with van der Waals surface area (Å²) in [6.45, 7) is 5.47. The molecule has 0 saturated carbocycles. The van der Waals surface area contributed by atoms with Crippen LogP contribution in [-0.4, -0.2) is 49.9 Å². The summed E-state index contributed by atoms with van der Waals surface area (Å²) >= 11 is 0. The van der Waals surface area contributed by atoms with E-state index in [-0.39, 0.29) is 5.41 Å². The highest BCUT2D eigenvalue weighted by Crippen LogP contribution is 2.31. The van der Waals surface area contributed by atoms with Crippen molar-refractivity contribution in [3.63, 3.8) is 0 Å². The maximum atomic E-state index is 10.6. The van der Waals surface area contributed by atoms with E-state index in [4.69, 9.17) is 9.90 Å². The van der Waals surface area contributed by atoms with Crippen molar-refractivity contribution in [3.8, 4) is 12.0 Å². The molecule has 2 aromatic heterocycles. The zero-order chi connectivity index (χ0) is 20.2. The van der Waals surface area contributed by atoms with Gasteiger partial charge in [0.2, 0.25) is 5.95 Å². The quantitative estimate of drug-likeness (QED) is 0.849. The summed E-state index contributed by atoms with van der Waals surface area (Å²) in [4.78, 5) is 24.1. The molecular weight excluding hydrogens is 365 g/mol. The Morgan fingerprint density at radius 3 is 2.52 bits per heavy atom. The van der Waals surface area contributed by atoms with Gasteiger partial charge in [0.25, 0.3) is 0 Å². The van der Waals surface area contributed by atoms with Gasteiger partial charge < -0.3 is 10.0 Å². The SMILES string of the molecule is Cc1nccn1-c1nccc(N2CCC(C)(C#N)C2)n1.O=C(O)C(F)(F)F. The van der Waals surface area contributed by atoms with Gasteiger partial charge in [-0.1, -0.05) is 0 Å². The molecule has 1 unspecified atom stereocenters. The molecule has 1 atom stereocenters. The summed E-state index contributed by atoms with van der Waals surface area (Å²) in [5.74, 6) is -0.428. The Hall–Kier alpha value is -3.16. The van der Waals surface area contributed by atoms with Crippen LogP contribution in [0.3, 0.4) is 0 Å². The van der Waals surface area contributed by atoms with Crippen molar-refractivity contribution in [2.75, 3.05) is 18.0 Å². The summed E-state index contributed by atoms with van der Waals surface area (Å²) in [7, 11) is 0. The second-order valence-corrected chi connectivity index (χ2v) is 6.21. The largest absolute Gasteiger partial charge is 0.490 e. The number of nitrogens with zero attached hydrogens (tertiary/aromatic N) is 6. The second kappa shape index (κ2) is 7.61. The summed E-state index contributed by atoms with van der Waals surface area (Å²) in [5.41, 5.74) is -0.282. The van der Waals surface area contributed by atoms with E-state index in [0.717, 1.165) is 24.6 Å². The first-order valence-corrected chi connectivity index (χ1v) is 7.85. The number of aromatic nitrogens is 4. The molecule has 1 N–H and O–H groups in total. The molecule has 0 radical (unpaired) electrons. The third-order valence-electron chi connectivity index (χ3n) is 3.98. The molecule has 3 heterocycles. The average Bonchev–Trinajstić information content (AvgIpc) is 3.21. The standard InChI is InChI=1S/C14H16N6.C2HF3O2/c1-11-16-6-8-20(11)13-17-5-3-12(18-13)19-7-4-14(2,9-15)10-19;3-2(4,5)1(6)7/h3,5-6,8H,4,7,10H2,1-2H3;(H,6,7). The monoisotopic (exact) mass is 382 g/mol. The number of aryl methyl sites for hydroxylation is 1. The summed E-state index contributed by atoms with van der Waals surface area (Å²) in [5, 5.41) is 16.3. The number of carboxylic acid groups (broad SMARTS) is 1. The van der Waals surface area contributed by atoms with Crippen LogP contribution in [0.15, 0.2) is 24.7 Å². The summed E-state index contributed by atoms with van der Waals surface area (Å²) in [6, 6.07) is 4.28. The Morgan fingerprint density at radius 1 is 1.37 bits per heavy atom. The fourth-order valence-corrected chi connectivity index (χ4v) is 2.47. The van der Waals surface area contributed by atoms with Crippen molar-refractivity contribution in [2.45, 2.75) is 26.4 Å². The van der Waals surface area contributed by atoms with Crippen LogP contribution < -0.4 is 4.90 Å². The third kappa shape index (κ3) is 4.93. The molecule has 144 valence electrons. The molecule has 0 amide bonds. The van der Waals surface area contributed by atoms with Crippen LogP contribution in [0, 0.1) is 23.7 Å². The molecule has 0 aliphatic carbocycles. The van der Waals surface area contributed by atoms with Gasteiger partial charge in [0, 0.05) is 31.7 Å². The first-order chi connectivity index (χ1) is 12.6. The number of halogens is 3. The van der Waals surface area contributed by atoms with E-state index in [2.05, 4.69) is 25.9 Å². The molecule has 27 heavy (non-hydrogen) atoms. The number of nitriles is 1. The number of imidazole rings is 1. The molecule has 0 aromatic carbocycles. The number of rotatable bonds is 2. The van der Waals surface area contributed by atoms with Crippen molar-refractivity contribution >= 4 is 11.8 Å². The molecule has 3 rings (SSSR count). The second-order valence-electron chi connectivity index (χ2n) is 6.21. The van der Waals surface area contributed by atoms with E-state index < -0.39 is 12.1 Å². The van der Waals surface area contributed by atoms with Crippen LogP contribution in [0.2, 0.25) is 0 Å². The Morgan fingerprint density at radius 2 is 2.04 bits per heavy atom. The molecule has 1 aliphatic heterocycles. The minimum absolute atomic E-state index is 0.282. The van der Waals surface area contributed by atoms with Gasteiger partial charge in [0.05, 0.1) is 11.5 Å². The molecule has 1 fully saturated rings. The van der Waals surface area contributed by atoms with Crippen LogP contribution in [0.1, 0.15) is 19.2 Å². The van der Waals surface area contributed by atoms with Crippen LogP contribution in [0.25, 0.3) is 5.95 Å². The Labute approximate surface area is 152 Å². The highest BCUT2D eigenvalue weighted by atomic mass is 19.4. The van der Waals surface area contributed by atoms with Crippen molar-refractivity contribution < 1.29 is 23.1 Å². The first kappa shape index (κ1) is 20.2. The Kier molecular flexibility index (Phi) is 5.68. The minimum Gasteiger partial charge on any atom is -0.475 e. The highest BCUT2D eigenvalue weighted by molar-refractivity contribution is 5.73. The summed E-state index contributed by atoms with van der Waals surface area (Å²) < 4.78 is 33.6. The minimum atomic E-state index is -5.08. The van der Waals surface area contributed by atoms with E-state index in [9.17, 15) is 18.4 Å². The number of carboxylic acids is 1. The molecule has 1 saturated heterocycles. The lowest BCUT2D eigenvalue weighted by atomic mass is 9.92. The van der Waals surface area contributed by atoms with Gasteiger partial charge in [-0.15, -0.1) is 0 Å². The summed E-state index contributed by atoms with van der Waals surface area (Å²) in [6.07, 6.45) is 1.11. The number of hydrogen-bond donors (Lipinski definition) is 1. The van der Waals surface area contributed by atoms with E-state index in [1.165, 1.54) is 0 Å². The lowest BCUT2D eigenvalue weighted by molar-refractivity contribution is -0.192. The lowest BCUT2D eigenvalue weighted by Gasteiger charge is -2.19. The zero-order valence-corrected chi connectivity index (χ0v) is 14.6. The van der Waals surface area contributed by atoms with Gasteiger partial charge >= 0.3 is 12.1 Å². The smallest absolute Gasteiger partial charge is 0.475 e. The predicted molar refractivity (Wildman–Crippen MR) is 88.1 cm³/mol. The third-order valence-corrected chi connectivity index (χ3v) is 3.98. The first-order valence-electron chi connectivity index (χ1n) is 7.85. The topological polar surface area (TPSA) is 108 Å². The number of anilines is 1. The van der Waals surface area contributed by atoms with Crippen LogP contribution in [0.5, 0.6) is 0 Å². The zero-order valence-electron chi connectivity index (χ0n) is 14.6. The van der Waals surface area contributed by atoms with Crippen LogP contribution >= 0.6 is 0 Å². The number of alkyl halides is 3. The fourth-order valence-electron chi connectivity index (χ4n) is 2.47. The van der Waals surface area contributed by atoms with Gasteiger partial charge in [0.15, 0.2) is 0 Å². The van der Waals surface area contributed by atoms with Gasteiger partial charge in [-0.2, -0.15) is 23.4 Å². The van der Waals surface area contributed by atoms with E-state index in [1.807, 2.05) is 30.7 Å². The van der Waals surface area contributed by atoms with Crippen LogP contribution in [0.4, 0.5) is 19.0 Å². The molecular formula is C16H17F3N6O2. The van der Waals surface area contributed by atoms with Gasteiger partial charge in [-0.3, -0.25) is 4.57 Å². The predicted octanol–water partition coefficient (Wildman–Crippen LogP) is 2.34. The maximum absolute atomic E-state index is 10.6. The Bertz CT molecular complexity index is 860. The highest BCUT2D eigenvalue weighted by Gasteiger charge is 2.38. The van der Waals surface area contributed by atoms with Crippen molar-refractivity contribution in [1.82, 2.24) is 19.5 Å². The van der Waals surface area contributed by atoms with E-state index >= 15 is 0 Å². The average molecular weight is 382 g/mol. The molecule has 8 nitrogen and oxygen atoms in total. The van der Waals surface area contributed by atoms with Crippen molar-refractivity contribution in [1.29, 1.82) is 5.26 Å². The molecule has 11 heteroatoms. The van der Waals surface area contributed by atoms with Gasteiger partial charge in [-0.25, -0.2) is 14.8 Å². The van der Waals surface area contributed by atoms with Crippen LogP contribution in [-0.2, 0) is 4.79 Å². The van der Waals surface area contributed by atoms with Gasteiger partial charge in [0.1, 0.15) is 11.6 Å². The number of hydrogen-bond acceptors (Lipinski definition) is 6. The fraction of sp³-hybridized carbons (Fsp3) is 0.438. The van der Waals surface area contributed by atoms with Crippen molar-refractivity contribution in [2.24, 2.45) is 5.41 Å². The number of carbonyl (C=O) groups is 1. The lowest BCUT2D eigenvalue weighted by Crippen LogP contribution is -2.24. The maximum Gasteiger partial charge on any atom is 0.490 e. The van der Waals surface area contributed by atoms with Gasteiger partial charge in [-0.05, 0) is 26.3 Å². The Balaban J connectivity index is 0.000000321. The molecule has 0 spiro atoms. The van der Waals surface area contributed by atoms with Crippen molar-refractivity contribution in [3.05, 3.63) is 30.5 Å². The van der Waals surface area contributed by atoms with E-state index in [1.54, 1.807) is 12.4 Å². The molecule has 2 aromatic rings.